The van der Waals surface area contributed by atoms with Crippen LogP contribution in [0.25, 0.3) is 0 Å². The van der Waals surface area contributed by atoms with Crippen molar-refractivity contribution in [2.24, 2.45) is 0 Å². The summed E-state index contributed by atoms with van der Waals surface area (Å²) in [6.07, 6.45) is 2.08. The lowest BCUT2D eigenvalue weighted by molar-refractivity contribution is 0.00351. The van der Waals surface area contributed by atoms with Gasteiger partial charge < -0.3 is 0 Å². The lowest BCUT2D eigenvalue weighted by Gasteiger charge is -2.43. The summed E-state index contributed by atoms with van der Waals surface area (Å²) in [5.74, 6) is 0. The summed E-state index contributed by atoms with van der Waals surface area (Å²) in [5.41, 5.74) is 0. The molecule has 1 unspecified atom stereocenters. The van der Waals surface area contributed by atoms with Gasteiger partial charge in [0.2, 0.25) is 0 Å². The molecule has 0 aliphatic carbocycles. The highest BCUT2D eigenvalue weighted by atomic mass is 15.4. The summed E-state index contributed by atoms with van der Waals surface area (Å²) in [4.78, 5) is 4.76. The highest BCUT2D eigenvalue weighted by molar-refractivity contribution is 4.77. The molecule has 1 aliphatic rings. The maximum Gasteiger partial charge on any atom is 0.0629 e. The maximum atomic E-state index is 2.38. The van der Waals surface area contributed by atoms with E-state index >= 15 is 0 Å². The van der Waals surface area contributed by atoms with Crippen molar-refractivity contribution in [3.05, 3.63) is 0 Å². The van der Waals surface area contributed by atoms with Crippen LogP contribution in [0.2, 0.25) is 0 Å². The second-order valence-corrected chi connectivity index (χ2v) is 2.82. The van der Waals surface area contributed by atoms with E-state index in [0.717, 1.165) is 12.7 Å². The SMILES string of the molecule is CCN(C)C1CCN1C. The first-order valence-electron chi connectivity index (χ1n) is 3.66. The van der Waals surface area contributed by atoms with Gasteiger partial charge in [0.25, 0.3) is 0 Å². The zero-order valence-corrected chi connectivity index (χ0v) is 6.59. The minimum atomic E-state index is 0.731. The van der Waals surface area contributed by atoms with Crippen molar-refractivity contribution < 1.29 is 0 Å². The van der Waals surface area contributed by atoms with E-state index in [9.17, 15) is 0 Å². The molecule has 2 nitrogen and oxygen atoms in total. The van der Waals surface area contributed by atoms with Crippen LogP contribution in [-0.4, -0.2) is 43.2 Å². The largest absolute Gasteiger partial charge is 0.291 e. The van der Waals surface area contributed by atoms with Crippen LogP contribution in [0.15, 0.2) is 0 Å². The van der Waals surface area contributed by atoms with Crippen LogP contribution in [0, 0.1) is 0 Å². The fraction of sp³-hybridized carbons (Fsp3) is 1.00. The van der Waals surface area contributed by atoms with Gasteiger partial charge in [0.05, 0.1) is 6.17 Å². The Bertz CT molecular complexity index is 92.9. The molecule has 0 radical (unpaired) electrons. The van der Waals surface area contributed by atoms with Gasteiger partial charge >= 0.3 is 0 Å². The third-order valence-corrected chi connectivity index (χ3v) is 2.26. The van der Waals surface area contributed by atoms with E-state index < -0.39 is 0 Å². The molecule has 0 N–H and O–H groups in total. The van der Waals surface area contributed by atoms with Gasteiger partial charge in [0.1, 0.15) is 0 Å². The van der Waals surface area contributed by atoms with E-state index in [-0.39, 0.29) is 0 Å². The standard InChI is InChI=1S/C7H16N2/c1-4-8(2)7-5-6-9(7)3/h7H,4-6H2,1-3H3. The molecule has 0 aromatic rings. The minimum absolute atomic E-state index is 0.731. The molecule has 0 amide bonds. The average molecular weight is 128 g/mol. The Morgan fingerprint density at radius 3 is 2.44 bits per heavy atom. The molecule has 1 fully saturated rings. The van der Waals surface area contributed by atoms with Gasteiger partial charge in [0.15, 0.2) is 0 Å². The van der Waals surface area contributed by atoms with E-state index in [0.29, 0.717) is 0 Å². The third-order valence-electron chi connectivity index (χ3n) is 2.26. The van der Waals surface area contributed by atoms with Gasteiger partial charge in [-0.3, -0.25) is 9.80 Å². The molecular weight excluding hydrogens is 112 g/mol. The zero-order valence-electron chi connectivity index (χ0n) is 6.59. The Balaban J connectivity index is 2.25. The Kier molecular flexibility index (Phi) is 2.09. The molecule has 9 heavy (non-hydrogen) atoms. The second kappa shape index (κ2) is 2.67. The fourth-order valence-corrected chi connectivity index (χ4v) is 1.27. The maximum absolute atomic E-state index is 2.38. The topological polar surface area (TPSA) is 6.48 Å². The highest BCUT2D eigenvalue weighted by Crippen LogP contribution is 2.16. The molecule has 1 saturated heterocycles. The van der Waals surface area contributed by atoms with Gasteiger partial charge in [-0.1, -0.05) is 6.92 Å². The van der Waals surface area contributed by atoms with E-state index in [1.807, 2.05) is 0 Å². The molecule has 0 spiro atoms. The van der Waals surface area contributed by atoms with Gasteiger partial charge in [-0.15, -0.1) is 0 Å². The third kappa shape index (κ3) is 1.25. The fourth-order valence-electron chi connectivity index (χ4n) is 1.27. The predicted octanol–water partition coefficient (Wildman–Crippen LogP) is 0.600. The Morgan fingerprint density at radius 1 is 1.67 bits per heavy atom. The molecule has 1 aliphatic heterocycles. The van der Waals surface area contributed by atoms with Crippen molar-refractivity contribution in [1.29, 1.82) is 0 Å². The molecular formula is C7H16N2. The Morgan fingerprint density at radius 2 is 2.33 bits per heavy atom. The van der Waals surface area contributed by atoms with Gasteiger partial charge in [0, 0.05) is 6.54 Å². The number of nitrogens with zero attached hydrogens (tertiary/aromatic N) is 2. The first kappa shape index (κ1) is 7.03. The van der Waals surface area contributed by atoms with E-state index in [2.05, 4.69) is 30.8 Å². The van der Waals surface area contributed by atoms with Crippen molar-refractivity contribution in [3.63, 3.8) is 0 Å². The summed E-state index contributed by atoms with van der Waals surface area (Å²) in [7, 11) is 4.36. The Hall–Kier alpha value is -0.0800. The van der Waals surface area contributed by atoms with Crippen LogP contribution in [-0.2, 0) is 0 Å². The molecule has 54 valence electrons. The smallest absolute Gasteiger partial charge is 0.0629 e. The number of likely N-dealkylation sites (tertiary alicyclic amines) is 1. The summed E-state index contributed by atoms with van der Waals surface area (Å²) in [6.45, 7) is 4.64. The molecule has 1 rings (SSSR count). The molecule has 0 aromatic heterocycles. The molecule has 0 aromatic carbocycles. The summed E-state index contributed by atoms with van der Waals surface area (Å²) < 4.78 is 0. The lowest BCUT2D eigenvalue weighted by Crippen LogP contribution is -2.54. The molecule has 0 bridgehead atoms. The van der Waals surface area contributed by atoms with Gasteiger partial charge in [-0.25, -0.2) is 0 Å². The molecule has 0 saturated carbocycles. The van der Waals surface area contributed by atoms with Crippen LogP contribution >= 0.6 is 0 Å². The van der Waals surface area contributed by atoms with Gasteiger partial charge in [-0.2, -0.15) is 0 Å². The molecule has 1 atom stereocenters. The quantitative estimate of drug-likeness (QED) is 0.537. The lowest BCUT2D eigenvalue weighted by atomic mass is 10.1. The van der Waals surface area contributed by atoms with Crippen molar-refractivity contribution in [2.75, 3.05) is 27.2 Å². The normalized spacial score (nSPS) is 28.7. The summed E-state index contributed by atoms with van der Waals surface area (Å²) in [6, 6.07) is 0. The van der Waals surface area contributed by atoms with E-state index in [4.69, 9.17) is 0 Å². The molecule has 1 heterocycles. The van der Waals surface area contributed by atoms with Crippen molar-refractivity contribution in [2.45, 2.75) is 19.5 Å². The zero-order chi connectivity index (χ0) is 6.85. The number of hydrogen-bond acceptors (Lipinski definition) is 2. The summed E-state index contributed by atoms with van der Waals surface area (Å²) in [5, 5.41) is 0. The first-order valence-corrected chi connectivity index (χ1v) is 3.66. The highest BCUT2D eigenvalue weighted by Gasteiger charge is 2.26. The summed E-state index contributed by atoms with van der Waals surface area (Å²) >= 11 is 0. The van der Waals surface area contributed by atoms with Crippen molar-refractivity contribution >= 4 is 0 Å². The van der Waals surface area contributed by atoms with Gasteiger partial charge in [-0.05, 0) is 27.1 Å². The van der Waals surface area contributed by atoms with Crippen LogP contribution in [0.3, 0.4) is 0 Å². The monoisotopic (exact) mass is 128 g/mol. The van der Waals surface area contributed by atoms with E-state index in [1.54, 1.807) is 0 Å². The van der Waals surface area contributed by atoms with Crippen LogP contribution in [0.4, 0.5) is 0 Å². The van der Waals surface area contributed by atoms with E-state index in [1.165, 1.54) is 13.0 Å². The second-order valence-electron chi connectivity index (χ2n) is 2.82. The van der Waals surface area contributed by atoms with Crippen LogP contribution in [0.5, 0.6) is 0 Å². The van der Waals surface area contributed by atoms with Crippen molar-refractivity contribution in [1.82, 2.24) is 9.80 Å². The number of rotatable bonds is 2. The van der Waals surface area contributed by atoms with Crippen LogP contribution in [0.1, 0.15) is 13.3 Å². The number of hydrogen-bond donors (Lipinski definition) is 0. The van der Waals surface area contributed by atoms with Crippen LogP contribution < -0.4 is 0 Å². The minimum Gasteiger partial charge on any atom is -0.291 e. The van der Waals surface area contributed by atoms with Crippen molar-refractivity contribution in [3.8, 4) is 0 Å². The predicted molar refractivity (Wildman–Crippen MR) is 39.3 cm³/mol. The molecule has 2 heteroatoms. The Labute approximate surface area is 57.4 Å². The first-order chi connectivity index (χ1) is 4.25. The average Bonchev–Trinajstić information content (AvgIpc) is 1.84.